The summed E-state index contributed by atoms with van der Waals surface area (Å²) < 4.78 is 1.83. The first-order chi connectivity index (χ1) is 13.7. The minimum Gasteiger partial charge on any atom is -0.369 e. The van der Waals surface area contributed by atoms with Crippen LogP contribution in [0.1, 0.15) is 36.5 Å². The van der Waals surface area contributed by atoms with E-state index in [1.807, 2.05) is 22.7 Å². The van der Waals surface area contributed by atoms with Gasteiger partial charge in [0.05, 0.1) is 17.7 Å². The quantitative estimate of drug-likeness (QED) is 0.505. The summed E-state index contributed by atoms with van der Waals surface area (Å²) in [6, 6.07) is 3.80. The van der Waals surface area contributed by atoms with E-state index in [2.05, 4.69) is 32.1 Å². The van der Waals surface area contributed by atoms with Gasteiger partial charge in [0.2, 0.25) is 5.91 Å². The van der Waals surface area contributed by atoms with Crippen LogP contribution in [0.5, 0.6) is 0 Å². The lowest BCUT2D eigenvalue weighted by Crippen LogP contribution is -2.25. The molecule has 4 aromatic rings. The fourth-order valence-electron chi connectivity index (χ4n) is 3.20. The van der Waals surface area contributed by atoms with Gasteiger partial charge in [-0.1, -0.05) is 13.3 Å². The summed E-state index contributed by atoms with van der Waals surface area (Å²) in [6.45, 7) is 2.08. The minimum atomic E-state index is -0.644. The van der Waals surface area contributed by atoms with E-state index < -0.39 is 11.8 Å². The Balaban J connectivity index is 1.86. The SMILES string of the molecule is CCCc1nc(-c2cccnc2)cn2c(C(Cc3cnc[nH]3)C(N)=O)nnc12. The summed E-state index contributed by atoms with van der Waals surface area (Å²) in [7, 11) is 0. The summed E-state index contributed by atoms with van der Waals surface area (Å²) in [4.78, 5) is 28.2. The van der Waals surface area contributed by atoms with E-state index in [4.69, 9.17) is 10.7 Å². The molecule has 9 nitrogen and oxygen atoms in total. The van der Waals surface area contributed by atoms with Crippen molar-refractivity contribution in [1.29, 1.82) is 0 Å². The summed E-state index contributed by atoms with van der Waals surface area (Å²) in [5.74, 6) is -0.628. The molecule has 0 aliphatic rings. The number of aromatic nitrogens is 7. The Morgan fingerprint density at radius 3 is 2.86 bits per heavy atom. The van der Waals surface area contributed by atoms with E-state index in [-0.39, 0.29) is 0 Å². The zero-order valence-corrected chi connectivity index (χ0v) is 15.4. The lowest BCUT2D eigenvalue weighted by atomic mass is 10.0. The number of nitrogens with zero attached hydrogens (tertiary/aromatic N) is 6. The molecule has 0 spiro atoms. The lowest BCUT2D eigenvalue weighted by molar-refractivity contribution is -0.119. The van der Waals surface area contributed by atoms with Crippen molar-refractivity contribution in [3.8, 4) is 11.3 Å². The summed E-state index contributed by atoms with van der Waals surface area (Å²) in [6.07, 6.45) is 10.6. The van der Waals surface area contributed by atoms with Gasteiger partial charge in [-0.15, -0.1) is 10.2 Å². The van der Waals surface area contributed by atoms with Crippen LogP contribution in [0.3, 0.4) is 0 Å². The maximum atomic E-state index is 12.2. The third-order valence-corrected chi connectivity index (χ3v) is 4.57. The summed E-state index contributed by atoms with van der Waals surface area (Å²) >= 11 is 0. The van der Waals surface area contributed by atoms with Gasteiger partial charge in [-0.05, 0) is 18.6 Å². The number of primary amides is 1. The molecule has 4 heterocycles. The van der Waals surface area contributed by atoms with E-state index in [9.17, 15) is 4.79 Å². The van der Waals surface area contributed by atoms with Gasteiger partial charge in [-0.3, -0.25) is 14.2 Å². The van der Waals surface area contributed by atoms with Crippen LogP contribution in [0.4, 0.5) is 0 Å². The second-order valence-electron chi connectivity index (χ2n) is 6.55. The number of hydrogen-bond acceptors (Lipinski definition) is 6. The van der Waals surface area contributed by atoms with Crippen molar-refractivity contribution in [2.45, 2.75) is 32.1 Å². The van der Waals surface area contributed by atoms with Crippen LogP contribution in [0.15, 0.2) is 43.2 Å². The number of amides is 1. The number of aromatic amines is 1. The second-order valence-corrected chi connectivity index (χ2v) is 6.55. The number of fused-ring (bicyclic) bond motifs is 1. The largest absolute Gasteiger partial charge is 0.369 e. The zero-order valence-electron chi connectivity index (χ0n) is 15.4. The predicted molar refractivity (Wildman–Crippen MR) is 102 cm³/mol. The first kappa shape index (κ1) is 17.8. The number of aryl methyl sites for hydroxylation is 1. The Morgan fingerprint density at radius 1 is 1.29 bits per heavy atom. The molecule has 0 saturated heterocycles. The molecule has 0 aliphatic carbocycles. The fourth-order valence-corrected chi connectivity index (χ4v) is 3.20. The predicted octanol–water partition coefficient (Wildman–Crippen LogP) is 1.67. The van der Waals surface area contributed by atoms with Crippen LogP contribution in [0.2, 0.25) is 0 Å². The van der Waals surface area contributed by atoms with Crippen LogP contribution in [-0.2, 0) is 17.6 Å². The molecule has 0 radical (unpaired) electrons. The molecule has 1 atom stereocenters. The number of carbonyl (C=O) groups excluding carboxylic acids is 1. The first-order valence-electron chi connectivity index (χ1n) is 9.09. The van der Waals surface area contributed by atoms with Crippen molar-refractivity contribution in [2.24, 2.45) is 5.73 Å². The van der Waals surface area contributed by atoms with Gasteiger partial charge in [0.1, 0.15) is 11.7 Å². The normalized spacial score (nSPS) is 12.3. The molecular weight excluding hydrogens is 356 g/mol. The number of nitrogens with two attached hydrogens (primary N) is 1. The molecule has 28 heavy (non-hydrogen) atoms. The van der Waals surface area contributed by atoms with Crippen LogP contribution in [-0.4, -0.2) is 40.4 Å². The Labute approximate surface area is 161 Å². The minimum absolute atomic E-state index is 0.365. The van der Waals surface area contributed by atoms with Gasteiger partial charge in [-0.2, -0.15) is 0 Å². The number of H-pyrrole nitrogens is 1. The average molecular weight is 376 g/mol. The molecule has 3 N–H and O–H groups in total. The molecule has 0 fully saturated rings. The summed E-state index contributed by atoms with van der Waals surface area (Å²) in [5, 5.41) is 8.60. The van der Waals surface area contributed by atoms with Crippen molar-refractivity contribution in [1.82, 2.24) is 34.5 Å². The van der Waals surface area contributed by atoms with Gasteiger partial charge in [0.25, 0.3) is 0 Å². The summed E-state index contributed by atoms with van der Waals surface area (Å²) in [5.41, 5.74) is 9.59. The zero-order chi connectivity index (χ0) is 19.5. The van der Waals surface area contributed by atoms with E-state index >= 15 is 0 Å². The van der Waals surface area contributed by atoms with Crippen molar-refractivity contribution in [3.63, 3.8) is 0 Å². The highest BCUT2D eigenvalue weighted by molar-refractivity contribution is 5.81. The van der Waals surface area contributed by atoms with E-state index in [1.54, 1.807) is 24.9 Å². The molecule has 0 aromatic carbocycles. The second kappa shape index (κ2) is 7.55. The highest BCUT2D eigenvalue weighted by atomic mass is 16.1. The van der Waals surface area contributed by atoms with Crippen LogP contribution in [0.25, 0.3) is 16.9 Å². The Bertz CT molecular complexity index is 1090. The molecule has 9 heteroatoms. The van der Waals surface area contributed by atoms with Gasteiger partial charge in [-0.25, -0.2) is 9.97 Å². The number of carbonyl (C=O) groups is 1. The van der Waals surface area contributed by atoms with Crippen molar-refractivity contribution in [2.75, 3.05) is 0 Å². The molecule has 0 saturated carbocycles. The van der Waals surface area contributed by atoms with E-state index in [1.165, 1.54) is 0 Å². The van der Waals surface area contributed by atoms with Crippen molar-refractivity contribution < 1.29 is 4.79 Å². The number of hydrogen-bond donors (Lipinski definition) is 2. The monoisotopic (exact) mass is 376 g/mol. The Morgan fingerprint density at radius 2 is 2.18 bits per heavy atom. The van der Waals surface area contributed by atoms with Gasteiger partial charge < -0.3 is 10.7 Å². The Hall–Kier alpha value is -3.62. The van der Waals surface area contributed by atoms with Crippen molar-refractivity contribution >= 4 is 11.6 Å². The third kappa shape index (κ3) is 3.34. The molecule has 0 bridgehead atoms. The van der Waals surface area contributed by atoms with Crippen LogP contribution in [0, 0.1) is 0 Å². The fraction of sp³-hybridized carbons (Fsp3) is 0.263. The molecule has 1 unspecified atom stereocenters. The van der Waals surface area contributed by atoms with Crippen LogP contribution >= 0.6 is 0 Å². The third-order valence-electron chi connectivity index (χ3n) is 4.57. The number of imidazole rings is 1. The Kier molecular flexibility index (Phi) is 4.79. The maximum absolute atomic E-state index is 12.2. The van der Waals surface area contributed by atoms with Gasteiger partial charge in [0.15, 0.2) is 5.65 Å². The molecule has 4 rings (SSSR count). The first-order valence-corrected chi connectivity index (χ1v) is 9.09. The van der Waals surface area contributed by atoms with E-state index in [0.29, 0.717) is 17.9 Å². The molecule has 1 amide bonds. The van der Waals surface area contributed by atoms with Gasteiger partial charge in [0, 0.05) is 42.5 Å². The van der Waals surface area contributed by atoms with E-state index in [0.717, 1.165) is 35.5 Å². The highest BCUT2D eigenvalue weighted by Crippen LogP contribution is 2.24. The van der Waals surface area contributed by atoms with Crippen molar-refractivity contribution in [3.05, 3.63) is 60.5 Å². The van der Waals surface area contributed by atoms with Crippen LogP contribution < -0.4 is 5.73 Å². The number of pyridine rings is 1. The molecule has 0 aliphatic heterocycles. The smallest absolute Gasteiger partial charge is 0.228 e. The standard InChI is InChI=1S/C19H20N8O/c1-2-4-15-19-26-25-18(14(17(20)28)7-13-9-22-11-23-13)27(19)10-16(24-15)12-5-3-6-21-8-12/h3,5-6,8-11,14H,2,4,7H2,1H3,(H2,20,28)(H,22,23). The number of rotatable bonds is 7. The molecular formula is C19H20N8O. The topological polar surface area (TPSA) is 128 Å². The molecule has 4 aromatic heterocycles. The molecule has 142 valence electrons. The number of nitrogens with one attached hydrogen (secondary N) is 1. The lowest BCUT2D eigenvalue weighted by Gasteiger charge is -2.12. The average Bonchev–Trinajstić information content (AvgIpc) is 3.36. The van der Waals surface area contributed by atoms with Gasteiger partial charge >= 0.3 is 0 Å². The maximum Gasteiger partial charge on any atom is 0.228 e. The highest BCUT2D eigenvalue weighted by Gasteiger charge is 2.26.